The molecule has 1 amide bonds. The minimum atomic E-state index is -0.255. The fourth-order valence-electron chi connectivity index (χ4n) is 3.71. The lowest BCUT2D eigenvalue weighted by Gasteiger charge is -2.40. The number of rotatable bonds is 8. The van der Waals surface area contributed by atoms with Crippen molar-refractivity contribution in [3.63, 3.8) is 0 Å². The van der Waals surface area contributed by atoms with E-state index in [1.54, 1.807) is 17.8 Å². The molecule has 31 heavy (non-hydrogen) atoms. The highest BCUT2D eigenvalue weighted by Crippen LogP contribution is 2.26. The summed E-state index contributed by atoms with van der Waals surface area (Å²) >= 11 is 1.27. The monoisotopic (exact) mass is 438 g/mol. The fourth-order valence-corrected chi connectivity index (χ4v) is 4.15. The molecule has 1 aliphatic rings. The van der Waals surface area contributed by atoms with Gasteiger partial charge in [-0.25, -0.2) is 4.98 Å². The molecule has 1 aliphatic heterocycles. The molecule has 1 atom stereocenters. The van der Waals surface area contributed by atoms with Crippen LogP contribution in [0.3, 0.4) is 0 Å². The van der Waals surface area contributed by atoms with E-state index in [-0.39, 0.29) is 17.5 Å². The molecule has 1 aromatic carbocycles. The molecule has 8 nitrogen and oxygen atoms in total. The van der Waals surface area contributed by atoms with Crippen molar-refractivity contribution < 1.29 is 9.53 Å². The van der Waals surface area contributed by atoms with Crippen LogP contribution in [0.2, 0.25) is 0 Å². The van der Waals surface area contributed by atoms with E-state index >= 15 is 0 Å². The van der Waals surface area contributed by atoms with E-state index in [0.717, 1.165) is 38.4 Å². The molecule has 1 saturated heterocycles. The molecule has 1 fully saturated rings. The van der Waals surface area contributed by atoms with Gasteiger partial charge in [0.1, 0.15) is 11.3 Å². The molecule has 3 heterocycles. The van der Waals surface area contributed by atoms with Gasteiger partial charge in [-0.2, -0.15) is 0 Å². The van der Waals surface area contributed by atoms with Crippen molar-refractivity contribution >= 4 is 28.2 Å². The van der Waals surface area contributed by atoms with Gasteiger partial charge in [-0.1, -0.05) is 41.7 Å². The number of amides is 1. The third kappa shape index (κ3) is 5.63. The molecule has 162 valence electrons. The SMILES string of the molecule is CC(NC1(CNc2ccc(C(=O)Nc3nncs3)cn2)CCOCC1)c1ccccc1. The minimum absolute atomic E-state index is 0.0942. The number of nitrogens with zero attached hydrogens (tertiary/aromatic N) is 3. The van der Waals surface area contributed by atoms with Gasteiger partial charge < -0.3 is 15.4 Å². The summed E-state index contributed by atoms with van der Waals surface area (Å²) in [5.41, 5.74) is 3.21. The largest absolute Gasteiger partial charge is 0.381 e. The first kappa shape index (κ1) is 21.4. The molecule has 0 spiro atoms. The lowest BCUT2D eigenvalue weighted by Crippen LogP contribution is -2.54. The number of pyridine rings is 1. The molecule has 3 N–H and O–H groups in total. The van der Waals surface area contributed by atoms with Crippen LogP contribution in [0.25, 0.3) is 0 Å². The van der Waals surface area contributed by atoms with Crippen molar-refractivity contribution in [1.29, 1.82) is 0 Å². The number of hydrogen-bond donors (Lipinski definition) is 3. The van der Waals surface area contributed by atoms with E-state index in [1.165, 1.54) is 16.9 Å². The molecule has 9 heteroatoms. The van der Waals surface area contributed by atoms with Gasteiger partial charge >= 0.3 is 0 Å². The average Bonchev–Trinajstić information content (AvgIpc) is 3.32. The highest BCUT2D eigenvalue weighted by molar-refractivity contribution is 7.13. The van der Waals surface area contributed by atoms with E-state index in [0.29, 0.717) is 10.7 Å². The highest BCUT2D eigenvalue weighted by atomic mass is 32.1. The van der Waals surface area contributed by atoms with Crippen molar-refractivity contribution in [1.82, 2.24) is 20.5 Å². The number of carbonyl (C=O) groups excluding carboxylic acids is 1. The Morgan fingerprint density at radius 3 is 2.68 bits per heavy atom. The molecule has 3 aromatic rings. The van der Waals surface area contributed by atoms with Crippen LogP contribution in [0.4, 0.5) is 10.9 Å². The number of anilines is 2. The van der Waals surface area contributed by atoms with Gasteiger partial charge in [0.05, 0.1) is 5.56 Å². The summed E-state index contributed by atoms with van der Waals surface area (Å²) in [5, 5.41) is 18.0. The van der Waals surface area contributed by atoms with Crippen molar-refractivity contribution in [2.24, 2.45) is 0 Å². The smallest absolute Gasteiger partial charge is 0.259 e. The Kier molecular flexibility index (Phi) is 6.86. The Bertz CT molecular complexity index is 959. The molecule has 4 rings (SSSR count). The van der Waals surface area contributed by atoms with Gasteiger partial charge in [0, 0.05) is 37.5 Å². The second-order valence-electron chi connectivity index (χ2n) is 7.65. The van der Waals surface area contributed by atoms with Gasteiger partial charge in [-0.3, -0.25) is 10.1 Å². The first-order valence-electron chi connectivity index (χ1n) is 10.3. The second-order valence-corrected chi connectivity index (χ2v) is 8.49. The van der Waals surface area contributed by atoms with Gasteiger partial charge in [0.15, 0.2) is 0 Å². The molecular formula is C22H26N6O2S. The number of nitrogens with one attached hydrogen (secondary N) is 3. The van der Waals surface area contributed by atoms with Crippen LogP contribution < -0.4 is 16.0 Å². The fraction of sp³-hybridized carbons (Fsp3) is 0.364. The molecule has 0 aliphatic carbocycles. The first-order chi connectivity index (χ1) is 15.1. The third-order valence-corrected chi connectivity index (χ3v) is 6.09. The Balaban J connectivity index is 1.38. The summed E-state index contributed by atoms with van der Waals surface area (Å²) in [6.45, 7) is 4.37. The topological polar surface area (TPSA) is 101 Å². The maximum absolute atomic E-state index is 12.3. The number of benzene rings is 1. The van der Waals surface area contributed by atoms with Gasteiger partial charge in [0.25, 0.3) is 5.91 Å². The molecule has 0 saturated carbocycles. The van der Waals surface area contributed by atoms with Gasteiger partial charge in [0.2, 0.25) is 5.13 Å². The van der Waals surface area contributed by atoms with Gasteiger partial charge in [-0.05, 0) is 37.5 Å². The third-order valence-electron chi connectivity index (χ3n) is 5.49. The summed E-state index contributed by atoms with van der Waals surface area (Å²) in [7, 11) is 0. The van der Waals surface area contributed by atoms with E-state index in [2.05, 4.69) is 62.3 Å². The Labute approximate surface area is 185 Å². The maximum Gasteiger partial charge on any atom is 0.259 e. The maximum atomic E-state index is 12.3. The number of carbonyl (C=O) groups is 1. The van der Waals surface area contributed by atoms with Gasteiger partial charge in [-0.15, -0.1) is 10.2 Å². The van der Waals surface area contributed by atoms with Crippen LogP contribution in [0, 0.1) is 0 Å². The van der Waals surface area contributed by atoms with Crippen LogP contribution in [-0.2, 0) is 4.74 Å². The minimum Gasteiger partial charge on any atom is -0.381 e. The van der Waals surface area contributed by atoms with Crippen LogP contribution in [0.1, 0.15) is 41.7 Å². The molecule has 2 aromatic heterocycles. The van der Waals surface area contributed by atoms with E-state index in [9.17, 15) is 4.79 Å². The van der Waals surface area contributed by atoms with Crippen molar-refractivity contribution in [2.75, 3.05) is 30.4 Å². The standard InChI is InChI=1S/C22H26N6O2S/c1-16(17-5-3-2-4-6-17)27-22(9-11-30-12-10-22)14-24-19-8-7-18(13-23-19)20(29)26-21-28-25-15-31-21/h2-8,13,15-16,27H,9-12,14H2,1H3,(H,23,24)(H,26,28,29). The molecule has 1 unspecified atom stereocenters. The van der Waals surface area contributed by atoms with Crippen molar-refractivity contribution in [3.8, 4) is 0 Å². The number of hydrogen-bond acceptors (Lipinski definition) is 8. The summed E-state index contributed by atoms with van der Waals surface area (Å²) in [6.07, 6.45) is 3.40. The molecular weight excluding hydrogens is 412 g/mol. The Morgan fingerprint density at radius 1 is 1.19 bits per heavy atom. The van der Waals surface area contributed by atoms with E-state index in [4.69, 9.17) is 4.74 Å². The van der Waals surface area contributed by atoms with Crippen LogP contribution in [0.5, 0.6) is 0 Å². The normalized spacial score (nSPS) is 16.4. The zero-order chi connectivity index (χ0) is 21.5. The predicted octanol–water partition coefficient (Wildman–Crippen LogP) is 3.50. The molecule has 0 radical (unpaired) electrons. The zero-order valence-corrected chi connectivity index (χ0v) is 18.2. The van der Waals surface area contributed by atoms with E-state index < -0.39 is 0 Å². The van der Waals surface area contributed by atoms with Crippen LogP contribution in [-0.4, -0.2) is 46.4 Å². The Hall–Kier alpha value is -2.88. The lowest BCUT2D eigenvalue weighted by atomic mass is 9.88. The first-order valence-corrected chi connectivity index (χ1v) is 11.2. The summed E-state index contributed by atoms with van der Waals surface area (Å²) in [6, 6.07) is 14.2. The average molecular weight is 439 g/mol. The van der Waals surface area contributed by atoms with Crippen LogP contribution >= 0.6 is 11.3 Å². The zero-order valence-electron chi connectivity index (χ0n) is 17.4. The number of aromatic nitrogens is 3. The number of ether oxygens (including phenoxy) is 1. The van der Waals surface area contributed by atoms with E-state index in [1.807, 2.05) is 12.1 Å². The quantitative estimate of drug-likeness (QED) is 0.495. The predicted molar refractivity (Wildman–Crippen MR) is 121 cm³/mol. The summed E-state index contributed by atoms with van der Waals surface area (Å²) in [4.78, 5) is 16.7. The highest BCUT2D eigenvalue weighted by Gasteiger charge is 2.33. The molecule has 0 bridgehead atoms. The lowest BCUT2D eigenvalue weighted by molar-refractivity contribution is 0.0389. The van der Waals surface area contributed by atoms with Crippen LogP contribution in [0.15, 0.2) is 54.2 Å². The summed E-state index contributed by atoms with van der Waals surface area (Å²) < 4.78 is 5.61. The summed E-state index contributed by atoms with van der Waals surface area (Å²) in [5.74, 6) is 0.475. The second kappa shape index (κ2) is 9.95. The Morgan fingerprint density at radius 2 is 2.00 bits per heavy atom. The van der Waals surface area contributed by atoms with Crippen molar-refractivity contribution in [3.05, 3.63) is 65.3 Å². The van der Waals surface area contributed by atoms with Crippen molar-refractivity contribution in [2.45, 2.75) is 31.3 Å².